The van der Waals surface area contributed by atoms with Gasteiger partial charge in [0.15, 0.2) is 0 Å². The van der Waals surface area contributed by atoms with Crippen molar-refractivity contribution in [2.75, 3.05) is 6.61 Å². The van der Waals surface area contributed by atoms with Crippen molar-refractivity contribution >= 4 is 5.97 Å². The van der Waals surface area contributed by atoms with Gasteiger partial charge < -0.3 is 14.6 Å². The van der Waals surface area contributed by atoms with Gasteiger partial charge in [-0.2, -0.15) is 0 Å². The molecule has 3 aliphatic rings. The number of carbonyl (C=O) groups is 1. The molecule has 0 aromatic rings. The van der Waals surface area contributed by atoms with Crippen molar-refractivity contribution < 1.29 is 19.4 Å². The summed E-state index contributed by atoms with van der Waals surface area (Å²) in [7, 11) is 0. The first-order valence-corrected chi connectivity index (χ1v) is 8.06. The van der Waals surface area contributed by atoms with E-state index in [1.54, 1.807) is 0 Å². The second-order valence-electron chi connectivity index (χ2n) is 7.58. The fourth-order valence-electron chi connectivity index (χ4n) is 4.98. The first kappa shape index (κ1) is 15.0. The number of carbonyl (C=O) groups excluding carboxylic acids is 1. The smallest absolute Gasteiger partial charge is 0.339 e. The second-order valence-corrected chi connectivity index (χ2v) is 7.58. The molecule has 0 bridgehead atoms. The van der Waals surface area contributed by atoms with Crippen molar-refractivity contribution in [3.63, 3.8) is 0 Å². The van der Waals surface area contributed by atoms with Crippen LogP contribution in [-0.2, 0) is 14.3 Å². The van der Waals surface area contributed by atoms with E-state index in [1.165, 1.54) is 0 Å². The van der Waals surface area contributed by atoms with Gasteiger partial charge in [-0.05, 0) is 42.9 Å². The number of rotatable bonds is 2. The van der Waals surface area contributed by atoms with E-state index in [1.807, 2.05) is 6.92 Å². The van der Waals surface area contributed by atoms with Crippen molar-refractivity contribution in [2.45, 2.75) is 65.8 Å². The van der Waals surface area contributed by atoms with E-state index in [0.717, 1.165) is 24.8 Å². The molecule has 1 heterocycles. The summed E-state index contributed by atoms with van der Waals surface area (Å²) in [4.78, 5) is 12.2. The van der Waals surface area contributed by atoms with Crippen LogP contribution >= 0.6 is 0 Å². The third kappa shape index (κ3) is 2.07. The molecule has 0 aromatic heterocycles. The molecule has 2 aliphatic carbocycles. The topological polar surface area (TPSA) is 55.8 Å². The molecule has 1 saturated carbocycles. The van der Waals surface area contributed by atoms with E-state index >= 15 is 0 Å². The molecule has 0 amide bonds. The highest BCUT2D eigenvalue weighted by Crippen LogP contribution is 2.61. The average molecular weight is 294 g/mol. The lowest BCUT2D eigenvalue weighted by Gasteiger charge is -2.55. The van der Waals surface area contributed by atoms with Gasteiger partial charge in [0.2, 0.25) is 6.29 Å². The lowest BCUT2D eigenvalue weighted by molar-refractivity contribution is -0.161. The minimum absolute atomic E-state index is 0.109. The number of hydrogen-bond acceptors (Lipinski definition) is 4. The number of esters is 1. The van der Waals surface area contributed by atoms with Gasteiger partial charge in [0.25, 0.3) is 0 Å². The highest BCUT2D eigenvalue weighted by atomic mass is 16.7. The number of fused-ring (bicyclic) bond motifs is 2. The SMILES string of the molecule is CCO[C@@H]1OC(=O)C2=C1[C@@]1(C)CCCC(C)(C)[C@@H]1C[C@H]2O. The van der Waals surface area contributed by atoms with E-state index in [9.17, 15) is 9.90 Å². The lowest BCUT2D eigenvalue weighted by Crippen LogP contribution is -2.50. The Morgan fingerprint density at radius 3 is 2.71 bits per heavy atom. The van der Waals surface area contributed by atoms with Crippen molar-refractivity contribution in [3.05, 3.63) is 11.1 Å². The molecule has 1 fully saturated rings. The Hall–Kier alpha value is -0.870. The van der Waals surface area contributed by atoms with Crippen molar-refractivity contribution in [3.8, 4) is 0 Å². The number of cyclic esters (lactones) is 1. The maximum Gasteiger partial charge on any atom is 0.339 e. The Bertz CT molecular complexity index is 493. The Labute approximate surface area is 126 Å². The standard InChI is InChI=1S/C17H26O4/c1-5-20-15-13-12(14(19)21-15)10(18)9-11-16(2,3)7-6-8-17(11,13)4/h10-11,15,18H,5-9H2,1-4H3/t10-,11+,15-,17+/m1/s1. The van der Waals surface area contributed by atoms with Gasteiger partial charge in [0.1, 0.15) is 0 Å². The van der Waals surface area contributed by atoms with E-state index in [2.05, 4.69) is 20.8 Å². The molecule has 1 N–H and O–H groups in total. The normalized spacial score (nSPS) is 41.6. The zero-order chi connectivity index (χ0) is 15.4. The minimum Gasteiger partial charge on any atom is -0.428 e. The first-order chi connectivity index (χ1) is 9.81. The van der Waals surface area contributed by atoms with Crippen molar-refractivity contribution in [2.24, 2.45) is 16.7 Å². The summed E-state index contributed by atoms with van der Waals surface area (Å²) in [6.45, 7) is 9.18. The summed E-state index contributed by atoms with van der Waals surface area (Å²) in [6, 6.07) is 0. The number of aliphatic hydroxyl groups is 1. The summed E-state index contributed by atoms with van der Waals surface area (Å²) < 4.78 is 11.1. The van der Waals surface area contributed by atoms with Crippen LogP contribution < -0.4 is 0 Å². The maximum absolute atomic E-state index is 12.2. The molecular formula is C17H26O4. The molecular weight excluding hydrogens is 268 g/mol. The van der Waals surface area contributed by atoms with Gasteiger partial charge in [-0.25, -0.2) is 4.79 Å². The lowest BCUT2D eigenvalue weighted by atomic mass is 9.50. The van der Waals surface area contributed by atoms with E-state index < -0.39 is 12.4 Å². The fourth-order valence-corrected chi connectivity index (χ4v) is 4.98. The molecule has 4 nitrogen and oxygen atoms in total. The highest BCUT2D eigenvalue weighted by molar-refractivity contribution is 5.94. The van der Waals surface area contributed by atoms with Crippen molar-refractivity contribution in [1.29, 1.82) is 0 Å². The van der Waals surface area contributed by atoms with E-state index in [-0.39, 0.29) is 16.8 Å². The van der Waals surface area contributed by atoms with Gasteiger partial charge in [0.05, 0.1) is 11.7 Å². The molecule has 0 aromatic carbocycles. The summed E-state index contributed by atoms with van der Waals surface area (Å²) >= 11 is 0. The summed E-state index contributed by atoms with van der Waals surface area (Å²) in [6.07, 6.45) is 2.67. The Balaban J connectivity index is 2.10. The van der Waals surface area contributed by atoms with E-state index in [4.69, 9.17) is 9.47 Å². The average Bonchev–Trinajstić information content (AvgIpc) is 2.71. The molecule has 118 valence electrons. The van der Waals surface area contributed by atoms with Crippen LogP contribution in [0.2, 0.25) is 0 Å². The van der Waals surface area contributed by atoms with Crippen LogP contribution in [0.25, 0.3) is 0 Å². The third-order valence-electron chi connectivity index (χ3n) is 5.92. The first-order valence-electron chi connectivity index (χ1n) is 8.06. The molecule has 0 radical (unpaired) electrons. The molecule has 0 saturated heterocycles. The molecule has 3 rings (SSSR count). The van der Waals surface area contributed by atoms with Gasteiger partial charge in [-0.3, -0.25) is 0 Å². The predicted molar refractivity (Wildman–Crippen MR) is 78.4 cm³/mol. The van der Waals surface area contributed by atoms with Crippen LogP contribution in [0.5, 0.6) is 0 Å². The van der Waals surface area contributed by atoms with Crippen LogP contribution in [0.4, 0.5) is 0 Å². The van der Waals surface area contributed by atoms with Gasteiger partial charge in [0, 0.05) is 12.2 Å². The quantitative estimate of drug-likeness (QED) is 0.796. The van der Waals surface area contributed by atoms with Gasteiger partial charge in [-0.15, -0.1) is 0 Å². The maximum atomic E-state index is 12.2. The Morgan fingerprint density at radius 2 is 2.05 bits per heavy atom. The van der Waals surface area contributed by atoms with E-state index in [0.29, 0.717) is 24.5 Å². The molecule has 1 aliphatic heterocycles. The fraction of sp³-hybridized carbons (Fsp3) is 0.824. The van der Waals surface area contributed by atoms with Gasteiger partial charge >= 0.3 is 5.97 Å². The molecule has 4 atom stereocenters. The van der Waals surface area contributed by atoms with Crippen LogP contribution in [0, 0.1) is 16.7 Å². The highest BCUT2D eigenvalue weighted by Gasteiger charge is 2.58. The van der Waals surface area contributed by atoms with Crippen LogP contribution in [0.3, 0.4) is 0 Å². The van der Waals surface area contributed by atoms with Crippen LogP contribution in [-0.4, -0.2) is 30.1 Å². The number of ether oxygens (including phenoxy) is 2. The zero-order valence-corrected chi connectivity index (χ0v) is 13.4. The Kier molecular flexibility index (Phi) is 3.45. The number of hydrogen-bond donors (Lipinski definition) is 1. The summed E-state index contributed by atoms with van der Waals surface area (Å²) in [5, 5.41) is 10.5. The van der Waals surface area contributed by atoms with Crippen molar-refractivity contribution in [1.82, 2.24) is 0 Å². The number of aliphatic hydroxyl groups excluding tert-OH is 1. The molecule has 21 heavy (non-hydrogen) atoms. The molecule has 4 heteroatoms. The van der Waals surface area contributed by atoms with Crippen LogP contribution in [0.15, 0.2) is 11.1 Å². The summed E-state index contributed by atoms with van der Waals surface area (Å²) in [5.74, 6) is -0.0380. The van der Waals surface area contributed by atoms with Gasteiger partial charge in [-0.1, -0.05) is 27.2 Å². The minimum atomic E-state index is -0.714. The zero-order valence-electron chi connectivity index (χ0n) is 13.4. The largest absolute Gasteiger partial charge is 0.428 e. The molecule has 0 unspecified atom stereocenters. The summed E-state index contributed by atoms with van der Waals surface area (Å²) in [5.41, 5.74) is 1.45. The predicted octanol–water partition coefficient (Wildman–Crippen LogP) is 2.80. The molecule has 0 spiro atoms. The van der Waals surface area contributed by atoms with Crippen LogP contribution in [0.1, 0.15) is 53.4 Å². The third-order valence-corrected chi connectivity index (χ3v) is 5.92. The second kappa shape index (κ2) is 4.82. The Morgan fingerprint density at radius 1 is 1.33 bits per heavy atom. The monoisotopic (exact) mass is 294 g/mol.